The number of urea groups is 1. The Hall–Kier alpha value is -1.71. The van der Waals surface area contributed by atoms with Crippen LogP contribution in [-0.4, -0.2) is 35.2 Å². The maximum Gasteiger partial charge on any atom is 0.324 e. The fraction of sp³-hybridized carbons (Fsp3) is 0.417. The van der Waals surface area contributed by atoms with Gasteiger partial charge in [-0.2, -0.15) is 0 Å². The van der Waals surface area contributed by atoms with Crippen LogP contribution in [0.25, 0.3) is 0 Å². The predicted octanol–water partition coefficient (Wildman–Crippen LogP) is 2.04. The van der Waals surface area contributed by atoms with Crippen LogP contribution in [0.2, 0.25) is 0 Å². The zero-order chi connectivity index (χ0) is 11.7. The maximum atomic E-state index is 12.0. The molecule has 1 aromatic rings. The largest absolute Gasteiger partial charge is 0.506 e. The molecule has 1 heterocycles. The molecule has 4 heteroatoms. The average Bonchev–Trinajstić information content (AvgIpc) is 2.61. The summed E-state index contributed by atoms with van der Waals surface area (Å²) >= 11 is 0. The number of anilines is 1. The van der Waals surface area contributed by atoms with Crippen LogP contribution in [-0.2, 0) is 0 Å². The molecule has 0 aliphatic carbocycles. The van der Waals surface area contributed by atoms with Crippen LogP contribution in [0.3, 0.4) is 0 Å². The number of carbonyl (C=O) groups is 1. The van der Waals surface area contributed by atoms with Gasteiger partial charge in [-0.3, -0.25) is 4.90 Å². The van der Waals surface area contributed by atoms with E-state index in [1.165, 1.54) is 0 Å². The number of phenolic OH excluding ortho intramolecular Hbond substituents is 1. The molecule has 0 radical (unpaired) electrons. The van der Waals surface area contributed by atoms with Gasteiger partial charge in [0.25, 0.3) is 0 Å². The molecule has 2 rings (SSSR count). The Morgan fingerprint density at radius 3 is 2.50 bits per heavy atom. The van der Waals surface area contributed by atoms with Gasteiger partial charge < -0.3 is 10.0 Å². The van der Waals surface area contributed by atoms with E-state index in [0.29, 0.717) is 18.8 Å². The van der Waals surface area contributed by atoms with Gasteiger partial charge in [0, 0.05) is 19.1 Å². The third kappa shape index (κ3) is 1.71. The zero-order valence-electron chi connectivity index (χ0n) is 9.55. The lowest BCUT2D eigenvalue weighted by atomic mass is 10.3. The second-order valence-corrected chi connectivity index (χ2v) is 4.21. The first-order valence-corrected chi connectivity index (χ1v) is 5.47. The third-order valence-corrected chi connectivity index (χ3v) is 2.84. The molecule has 1 aromatic carbocycles. The molecule has 1 aliphatic rings. The minimum atomic E-state index is -0.0310. The summed E-state index contributed by atoms with van der Waals surface area (Å²) in [5, 5.41) is 9.70. The Labute approximate surface area is 95.1 Å². The number of hydrogen-bond donors (Lipinski definition) is 1. The summed E-state index contributed by atoms with van der Waals surface area (Å²) in [7, 11) is 0. The summed E-state index contributed by atoms with van der Waals surface area (Å²) in [4.78, 5) is 15.5. The van der Waals surface area contributed by atoms with Crippen LogP contribution in [0.1, 0.15) is 13.8 Å². The van der Waals surface area contributed by atoms with Crippen LogP contribution in [0.5, 0.6) is 5.75 Å². The van der Waals surface area contributed by atoms with E-state index in [9.17, 15) is 9.90 Å². The standard InChI is InChI=1S/C12H16N2O2/c1-9(2)13-7-8-14(12(13)16)10-5-3-4-6-11(10)15/h3-6,9,15H,7-8H2,1-2H3. The summed E-state index contributed by atoms with van der Waals surface area (Å²) < 4.78 is 0. The zero-order valence-corrected chi connectivity index (χ0v) is 9.55. The van der Waals surface area contributed by atoms with E-state index >= 15 is 0 Å². The van der Waals surface area contributed by atoms with Crippen molar-refractivity contribution in [1.82, 2.24) is 4.90 Å². The van der Waals surface area contributed by atoms with Gasteiger partial charge in [-0.1, -0.05) is 12.1 Å². The molecule has 4 nitrogen and oxygen atoms in total. The van der Waals surface area contributed by atoms with Crippen molar-refractivity contribution in [3.05, 3.63) is 24.3 Å². The highest BCUT2D eigenvalue weighted by Gasteiger charge is 2.32. The minimum absolute atomic E-state index is 0.0310. The van der Waals surface area contributed by atoms with E-state index in [2.05, 4.69) is 0 Å². The van der Waals surface area contributed by atoms with E-state index in [1.54, 1.807) is 28.0 Å². The number of hydrogen-bond acceptors (Lipinski definition) is 2. The summed E-state index contributed by atoms with van der Waals surface area (Å²) in [6.45, 7) is 5.33. The van der Waals surface area contributed by atoms with Gasteiger partial charge in [0.15, 0.2) is 0 Å². The van der Waals surface area contributed by atoms with Gasteiger partial charge in [-0.05, 0) is 26.0 Å². The van der Waals surface area contributed by atoms with Crippen LogP contribution in [0.15, 0.2) is 24.3 Å². The van der Waals surface area contributed by atoms with E-state index < -0.39 is 0 Å². The van der Waals surface area contributed by atoms with Crippen molar-refractivity contribution in [3.8, 4) is 5.75 Å². The molecule has 86 valence electrons. The van der Waals surface area contributed by atoms with Gasteiger partial charge in [0.2, 0.25) is 0 Å². The number of nitrogens with zero attached hydrogens (tertiary/aromatic N) is 2. The molecule has 1 N–H and O–H groups in total. The lowest BCUT2D eigenvalue weighted by Gasteiger charge is -2.22. The van der Waals surface area contributed by atoms with Crippen molar-refractivity contribution < 1.29 is 9.90 Å². The minimum Gasteiger partial charge on any atom is -0.506 e. The molecule has 1 saturated heterocycles. The topological polar surface area (TPSA) is 43.8 Å². The van der Waals surface area contributed by atoms with Crippen LogP contribution in [0.4, 0.5) is 10.5 Å². The van der Waals surface area contributed by atoms with Crippen molar-refractivity contribution in [2.24, 2.45) is 0 Å². The summed E-state index contributed by atoms with van der Waals surface area (Å²) in [6, 6.07) is 7.09. The first-order chi connectivity index (χ1) is 7.61. The number of amides is 2. The van der Waals surface area contributed by atoms with Gasteiger partial charge in [-0.25, -0.2) is 4.79 Å². The molecule has 0 aromatic heterocycles. The van der Waals surface area contributed by atoms with Crippen LogP contribution >= 0.6 is 0 Å². The predicted molar refractivity (Wildman–Crippen MR) is 62.7 cm³/mol. The van der Waals surface area contributed by atoms with Crippen molar-refractivity contribution in [1.29, 1.82) is 0 Å². The Morgan fingerprint density at radius 2 is 1.94 bits per heavy atom. The number of benzene rings is 1. The molecule has 2 amide bonds. The molecule has 0 unspecified atom stereocenters. The van der Waals surface area contributed by atoms with Crippen LogP contribution in [0, 0.1) is 0 Å². The first kappa shape index (κ1) is 10.8. The molecule has 0 atom stereocenters. The molecule has 0 bridgehead atoms. The SMILES string of the molecule is CC(C)N1CCN(c2ccccc2O)C1=O. The summed E-state index contributed by atoms with van der Waals surface area (Å²) in [6.07, 6.45) is 0. The third-order valence-electron chi connectivity index (χ3n) is 2.84. The van der Waals surface area contributed by atoms with Crippen molar-refractivity contribution >= 4 is 11.7 Å². The molecular formula is C12H16N2O2. The molecule has 1 fully saturated rings. The van der Waals surface area contributed by atoms with Crippen molar-refractivity contribution in [2.45, 2.75) is 19.9 Å². The fourth-order valence-corrected chi connectivity index (χ4v) is 1.95. The lowest BCUT2D eigenvalue weighted by molar-refractivity contribution is 0.209. The highest BCUT2D eigenvalue weighted by atomic mass is 16.3. The highest BCUT2D eigenvalue weighted by molar-refractivity contribution is 5.95. The van der Waals surface area contributed by atoms with Gasteiger partial charge in [0.05, 0.1) is 5.69 Å². The highest BCUT2D eigenvalue weighted by Crippen LogP contribution is 2.29. The van der Waals surface area contributed by atoms with Crippen molar-refractivity contribution in [3.63, 3.8) is 0 Å². The van der Waals surface area contributed by atoms with E-state index in [-0.39, 0.29) is 17.8 Å². The van der Waals surface area contributed by atoms with E-state index in [0.717, 1.165) is 0 Å². The van der Waals surface area contributed by atoms with E-state index in [4.69, 9.17) is 0 Å². The van der Waals surface area contributed by atoms with Gasteiger partial charge >= 0.3 is 6.03 Å². The number of carbonyl (C=O) groups excluding carboxylic acids is 1. The second kappa shape index (κ2) is 4.04. The quantitative estimate of drug-likeness (QED) is 0.828. The smallest absolute Gasteiger partial charge is 0.324 e. The maximum absolute atomic E-state index is 12.0. The van der Waals surface area contributed by atoms with E-state index in [1.807, 2.05) is 19.9 Å². The Morgan fingerprint density at radius 1 is 1.25 bits per heavy atom. The number of para-hydroxylation sites is 2. The van der Waals surface area contributed by atoms with Crippen LogP contribution < -0.4 is 4.90 Å². The monoisotopic (exact) mass is 220 g/mol. The molecule has 0 spiro atoms. The number of aromatic hydroxyl groups is 1. The lowest BCUT2D eigenvalue weighted by Crippen LogP contribution is -2.36. The molecule has 0 saturated carbocycles. The first-order valence-electron chi connectivity index (χ1n) is 5.47. The van der Waals surface area contributed by atoms with Crippen molar-refractivity contribution in [2.75, 3.05) is 18.0 Å². The number of rotatable bonds is 2. The molecule has 16 heavy (non-hydrogen) atoms. The summed E-state index contributed by atoms with van der Waals surface area (Å²) in [5.41, 5.74) is 0.593. The second-order valence-electron chi connectivity index (χ2n) is 4.21. The average molecular weight is 220 g/mol. The fourth-order valence-electron chi connectivity index (χ4n) is 1.95. The Kier molecular flexibility index (Phi) is 2.73. The van der Waals surface area contributed by atoms with Gasteiger partial charge in [-0.15, -0.1) is 0 Å². The number of phenols is 1. The Bertz CT molecular complexity index is 404. The Balaban J connectivity index is 2.25. The summed E-state index contributed by atoms with van der Waals surface area (Å²) in [5.74, 6) is 0.154. The molecule has 1 aliphatic heterocycles. The normalized spacial score (nSPS) is 16.3. The molecular weight excluding hydrogens is 204 g/mol. The van der Waals surface area contributed by atoms with Gasteiger partial charge in [0.1, 0.15) is 5.75 Å².